The highest BCUT2D eigenvalue weighted by atomic mass is 16.5. The van der Waals surface area contributed by atoms with E-state index in [4.69, 9.17) is 4.74 Å². The van der Waals surface area contributed by atoms with Gasteiger partial charge in [-0.15, -0.1) is 0 Å². The van der Waals surface area contributed by atoms with E-state index in [2.05, 4.69) is 38.7 Å². The first-order valence-corrected chi connectivity index (χ1v) is 9.02. The van der Waals surface area contributed by atoms with Crippen molar-refractivity contribution in [3.05, 3.63) is 47.5 Å². The van der Waals surface area contributed by atoms with Crippen LogP contribution < -0.4 is 0 Å². The van der Waals surface area contributed by atoms with E-state index in [0.29, 0.717) is 6.04 Å². The number of aryl methyl sites for hydroxylation is 2. The highest BCUT2D eigenvalue weighted by Crippen LogP contribution is 2.29. The van der Waals surface area contributed by atoms with Crippen LogP contribution in [0.25, 0.3) is 0 Å². The molecule has 0 bridgehead atoms. The Morgan fingerprint density at radius 3 is 2.92 bits per heavy atom. The molecule has 0 spiro atoms. The summed E-state index contributed by atoms with van der Waals surface area (Å²) in [7, 11) is 0. The SMILES string of the molecule is Cc1cccnc1CN1Cc2ccnn2CC[C@@H]1COCC1CC1. The van der Waals surface area contributed by atoms with Gasteiger partial charge in [0.25, 0.3) is 0 Å². The first kappa shape index (κ1) is 15.8. The molecule has 1 aliphatic carbocycles. The van der Waals surface area contributed by atoms with E-state index < -0.39 is 0 Å². The van der Waals surface area contributed by atoms with Crippen LogP contribution >= 0.6 is 0 Å². The molecule has 1 fully saturated rings. The maximum atomic E-state index is 6.03. The molecule has 1 aliphatic heterocycles. The van der Waals surface area contributed by atoms with Crippen molar-refractivity contribution in [2.75, 3.05) is 13.2 Å². The quantitative estimate of drug-likeness (QED) is 0.819. The summed E-state index contributed by atoms with van der Waals surface area (Å²) < 4.78 is 8.17. The highest BCUT2D eigenvalue weighted by molar-refractivity contribution is 5.18. The Bertz CT molecular complexity index is 680. The van der Waals surface area contributed by atoms with Gasteiger partial charge in [0.2, 0.25) is 0 Å². The number of aromatic nitrogens is 3. The van der Waals surface area contributed by atoms with E-state index in [9.17, 15) is 0 Å². The lowest BCUT2D eigenvalue weighted by Crippen LogP contribution is -2.37. The van der Waals surface area contributed by atoms with Crippen molar-refractivity contribution >= 4 is 0 Å². The molecule has 0 radical (unpaired) electrons. The summed E-state index contributed by atoms with van der Waals surface area (Å²) >= 11 is 0. The van der Waals surface area contributed by atoms with Gasteiger partial charge < -0.3 is 4.74 Å². The average molecular weight is 326 g/mol. The summed E-state index contributed by atoms with van der Waals surface area (Å²) in [5, 5.41) is 4.46. The molecule has 0 amide bonds. The monoisotopic (exact) mass is 326 g/mol. The number of hydrogen-bond donors (Lipinski definition) is 0. The van der Waals surface area contributed by atoms with E-state index in [1.165, 1.54) is 24.1 Å². The van der Waals surface area contributed by atoms with Crippen molar-refractivity contribution < 1.29 is 4.74 Å². The summed E-state index contributed by atoms with van der Waals surface area (Å²) in [6.07, 6.45) is 7.56. The van der Waals surface area contributed by atoms with E-state index >= 15 is 0 Å². The van der Waals surface area contributed by atoms with Crippen LogP contribution in [0.4, 0.5) is 0 Å². The molecular weight excluding hydrogens is 300 g/mol. The number of fused-ring (bicyclic) bond motifs is 1. The molecule has 1 atom stereocenters. The summed E-state index contributed by atoms with van der Waals surface area (Å²) in [4.78, 5) is 7.11. The van der Waals surface area contributed by atoms with Crippen LogP contribution in [0.5, 0.6) is 0 Å². The molecule has 3 heterocycles. The minimum absolute atomic E-state index is 0.423. The molecule has 2 aliphatic rings. The zero-order valence-electron chi connectivity index (χ0n) is 14.4. The van der Waals surface area contributed by atoms with Crippen molar-refractivity contribution in [1.29, 1.82) is 0 Å². The first-order chi connectivity index (χ1) is 11.8. The molecule has 0 aromatic carbocycles. The average Bonchev–Trinajstić information content (AvgIpc) is 3.33. The van der Waals surface area contributed by atoms with E-state index in [-0.39, 0.29) is 0 Å². The van der Waals surface area contributed by atoms with E-state index in [1.54, 1.807) is 0 Å². The number of hydrogen-bond acceptors (Lipinski definition) is 4. The van der Waals surface area contributed by atoms with Gasteiger partial charge in [0.05, 0.1) is 18.0 Å². The summed E-state index contributed by atoms with van der Waals surface area (Å²) in [6.45, 7) is 6.63. The Morgan fingerprint density at radius 2 is 2.08 bits per heavy atom. The van der Waals surface area contributed by atoms with Crippen LogP contribution in [0.15, 0.2) is 30.6 Å². The van der Waals surface area contributed by atoms with Crippen LogP contribution in [-0.2, 0) is 24.4 Å². The van der Waals surface area contributed by atoms with Crippen LogP contribution in [0.3, 0.4) is 0 Å². The second-order valence-electron chi connectivity index (χ2n) is 7.14. The molecule has 1 saturated carbocycles. The van der Waals surface area contributed by atoms with Crippen LogP contribution in [0, 0.1) is 12.8 Å². The Hall–Kier alpha value is -1.72. The topological polar surface area (TPSA) is 43.2 Å². The minimum Gasteiger partial charge on any atom is -0.380 e. The fourth-order valence-corrected chi connectivity index (χ4v) is 3.39. The normalized spacial score (nSPS) is 21.5. The molecule has 0 unspecified atom stereocenters. The summed E-state index contributed by atoms with van der Waals surface area (Å²) in [5.74, 6) is 0.817. The van der Waals surface area contributed by atoms with Crippen LogP contribution in [0.2, 0.25) is 0 Å². The zero-order chi connectivity index (χ0) is 16.4. The molecule has 24 heavy (non-hydrogen) atoms. The van der Waals surface area contributed by atoms with Gasteiger partial charge in [0, 0.05) is 44.7 Å². The lowest BCUT2D eigenvalue weighted by atomic mass is 10.1. The van der Waals surface area contributed by atoms with Gasteiger partial charge in [0.1, 0.15) is 0 Å². The maximum Gasteiger partial charge on any atom is 0.0622 e. The molecule has 5 heteroatoms. The largest absolute Gasteiger partial charge is 0.380 e. The Labute approximate surface area is 143 Å². The lowest BCUT2D eigenvalue weighted by molar-refractivity contribution is 0.0444. The molecule has 2 aromatic rings. The second-order valence-corrected chi connectivity index (χ2v) is 7.14. The maximum absolute atomic E-state index is 6.03. The smallest absolute Gasteiger partial charge is 0.0622 e. The molecule has 0 saturated heterocycles. The first-order valence-electron chi connectivity index (χ1n) is 9.02. The third-order valence-electron chi connectivity index (χ3n) is 5.19. The predicted molar refractivity (Wildman–Crippen MR) is 92.4 cm³/mol. The number of ether oxygens (including phenoxy) is 1. The number of nitrogens with zero attached hydrogens (tertiary/aromatic N) is 4. The van der Waals surface area contributed by atoms with Crippen molar-refractivity contribution in [1.82, 2.24) is 19.7 Å². The van der Waals surface area contributed by atoms with E-state index in [1.807, 2.05) is 18.5 Å². The van der Waals surface area contributed by atoms with Gasteiger partial charge in [-0.2, -0.15) is 5.10 Å². The van der Waals surface area contributed by atoms with Crippen LogP contribution in [-0.4, -0.2) is 38.9 Å². The minimum atomic E-state index is 0.423. The summed E-state index contributed by atoms with van der Waals surface area (Å²) in [6, 6.07) is 6.70. The van der Waals surface area contributed by atoms with Crippen molar-refractivity contribution in [3.8, 4) is 0 Å². The predicted octanol–water partition coefficient (Wildman–Crippen LogP) is 2.79. The molecule has 2 aromatic heterocycles. The second kappa shape index (κ2) is 7.03. The van der Waals surface area contributed by atoms with Gasteiger partial charge in [-0.25, -0.2) is 0 Å². The van der Waals surface area contributed by atoms with Crippen molar-refractivity contribution in [2.24, 2.45) is 5.92 Å². The fourth-order valence-electron chi connectivity index (χ4n) is 3.39. The Kier molecular flexibility index (Phi) is 4.63. The zero-order valence-corrected chi connectivity index (χ0v) is 14.4. The van der Waals surface area contributed by atoms with Gasteiger partial charge in [-0.05, 0) is 49.8 Å². The molecular formula is C19H26N4O. The third kappa shape index (κ3) is 3.68. The fraction of sp³-hybridized carbons (Fsp3) is 0.579. The van der Waals surface area contributed by atoms with E-state index in [0.717, 1.165) is 50.9 Å². The number of pyridine rings is 1. The number of rotatable bonds is 6. The lowest BCUT2D eigenvalue weighted by Gasteiger charge is -2.29. The van der Waals surface area contributed by atoms with Gasteiger partial charge in [-0.1, -0.05) is 6.07 Å². The van der Waals surface area contributed by atoms with Crippen molar-refractivity contribution in [2.45, 2.75) is 51.9 Å². The Balaban J connectivity index is 1.49. The highest BCUT2D eigenvalue weighted by Gasteiger charge is 2.27. The standard InChI is InChI=1S/C19H26N4O/c1-15-3-2-8-20-19(15)12-22-11-17-6-9-21-23(17)10-7-18(22)14-24-13-16-4-5-16/h2-3,6,8-9,16,18H,4-5,7,10-14H2,1H3/t18-/m1/s1. The van der Waals surface area contributed by atoms with Crippen LogP contribution in [0.1, 0.15) is 36.2 Å². The van der Waals surface area contributed by atoms with Gasteiger partial charge in [-0.3, -0.25) is 14.6 Å². The van der Waals surface area contributed by atoms with Gasteiger partial charge in [0.15, 0.2) is 0 Å². The molecule has 0 N–H and O–H groups in total. The molecule has 5 nitrogen and oxygen atoms in total. The summed E-state index contributed by atoms with van der Waals surface area (Å²) in [5.41, 5.74) is 3.71. The molecule has 128 valence electrons. The molecule has 4 rings (SSSR count). The third-order valence-corrected chi connectivity index (χ3v) is 5.19. The Morgan fingerprint density at radius 1 is 1.17 bits per heavy atom. The van der Waals surface area contributed by atoms with Gasteiger partial charge >= 0.3 is 0 Å². The van der Waals surface area contributed by atoms with Crippen molar-refractivity contribution in [3.63, 3.8) is 0 Å².